The maximum absolute atomic E-state index is 12.6. The van der Waals surface area contributed by atoms with E-state index in [1.807, 2.05) is 30.0 Å². The van der Waals surface area contributed by atoms with Crippen LogP contribution >= 0.6 is 0 Å². The van der Waals surface area contributed by atoms with Gasteiger partial charge in [0.15, 0.2) is 5.82 Å². The van der Waals surface area contributed by atoms with Crippen molar-refractivity contribution in [3.8, 4) is 0 Å². The number of benzene rings is 1. The number of hydrogen-bond donors (Lipinski definition) is 1. The number of carbonyl (C=O) groups excluding carboxylic acids is 1. The fraction of sp³-hybridized carbons (Fsp3) is 0.500. The molecule has 1 N–H and O–H groups in total. The van der Waals surface area contributed by atoms with E-state index in [2.05, 4.69) is 32.2 Å². The lowest BCUT2D eigenvalue weighted by atomic mass is 10.1. The minimum absolute atomic E-state index is 0.0511. The number of ether oxygens (including phenoxy) is 1. The molecule has 2 atom stereocenters. The summed E-state index contributed by atoms with van der Waals surface area (Å²) in [4.78, 5) is 21.3. The molecule has 3 heterocycles. The summed E-state index contributed by atoms with van der Waals surface area (Å²) in [6.07, 6.45) is 0.509. The van der Waals surface area contributed by atoms with Crippen LogP contribution in [0.25, 0.3) is 0 Å². The second-order valence-corrected chi connectivity index (χ2v) is 6.76. The second-order valence-electron chi connectivity index (χ2n) is 6.76. The highest BCUT2D eigenvalue weighted by molar-refractivity contribution is 5.77. The van der Waals surface area contributed by atoms with Gasteiger partial charge in [-0.1, -0.05) is 30.3 Å². The highest BCUT2D eigenvalue weighted by atomic mass is 16.5. The summed E-state index contributed by atoms with van der Waals surface area (Å²) in [6, 6.07) is 10.2. The molecule has 1 aromatic carbocycles. The standard InChI is InChI=1S/C18H23N5O2/c1-13-19-17(21-20-13)12-22-10-15-16(11-22)25-8-7-18(24)23(15)9-14-5-3-2-4-6-14/h2-6,15-16H,7-12H2,1H3,(H,19,20,21)/t15-,16-/m0/s1. The third-order valence-electron chi connectivity index (χ3n) is 4.89. The number of aromatic amines is 1. The maximum Gasteiger partial charge on any atom is 0.225 e. The van der Waals surface area contributed by atoms with Gasteiger partial charge in [-0.3, -0.25) is 14.8 Å². The van der Waals surface area contributed by atoms with Crippen LogP contribution in [0.2, 0.25) is 0 Å². The van der Waals surface area contributed by atoms with E-state index in [-0.39, 0.29) is 18.1 Å². The van der Waals surface area contributed by atoms with Crippen molar-refractivity contribution >= 4 is 5.91 Å². The van der Waals surface area contributed by atoms with E-state index >= 15 is 0 Å². The van der Waals surface area contributed by atoms with Gasteiger partial charge in [0, 0.05) is 19.6 Å². The Labute approximate surface area is 147 Å². The summed E-state index contributed by atoms with van der Waals surface area (Å²) in [5.41, 5.74) is 1.15. The van der Waals surface area contributed by atoms with Crippen LogP contribution in [0.15, 0.2) is 30.3 Å². The summed E-state index contributed by atoms with van der Waals surface area (Å²) in [5.74, 6) is 1.78. The first-order valence-electron chi connectivity index (χ1n) is 8.74. The predicted molar refractivity (Wildman–Crippen MR) is 91.5 cm³/mol. The molecule has 0 bridgehead atoms. The summed E-state index contributed by atoms with van der Waals surface area (Å²) in [6.45, 7) is 5.30. The molecule has 4 rings (SSSR count). The van der Waals surface area contributed by atoms with Gasteiger partial charge in [-0.15, -0.1) is 0 Å². The molecule has 2 aliphatic rings. The monoisotopic (exact) mass is 341 g/mol. The number of amides is 1. The molecule has 2 aliphatic heterocycles. The molecule has 1 amide bonds. The molecule has 132 valence electrons. The largest absolute Gasteiger partial charge is 0.374 e. The minimum atomic E-state index is 0.0511. The fourth-order valence-corrected chi connectivity index (χ4v) is 3.70. The zero-order valence-corrected chi connectivity index (χ0v) is 14.4. The first kappa shape index (κ1) is 16.2. The highest BCUT2D eigenvalue weighted by Gasteiger charge is 2.41. The molecule has 7 nitrogen and oxygen atoms in total. The average molecular weight is 341 g/mol. The number of nitrogens with one attached hydrogen (secondary N) is 1. The Hall–Kier alpha value is -2.25. The number of H-pyrrole nitrogens is 1. The first-order valence-corrected chi connectivity index (χ1v) is 8.74. The van der Waals surface area contributed by atoms with E-state index < -0.39 is 0 Å². The summed E-state index contributed by atoms with van der Waals surface area (Å²) in [7, 11) is 0. The Bertz CT molecular complexity index is 732. The zero-order chi connectivity index (χ0) is 17.2. The van der Waals surface area contributed by atoms with Crippen molar-refractivity contribution in [1.29, 1.82) is 0 Å². The van der Waals surface area contributed by atoms with Crippen LogP contribution in [-0.2, 0) is 22.6 Å². The zero-order valence-electron chi connectivity index (χ0n) is 14.4. The fourth-order valence-electron chi connectivity index (χ4n) is 3.70. The molecule has 0 aliphatic carbocycles. The number of carbonyl (C=O) groups is 1. The van der Waals surface area contributed by atoms with E-state index in [4.69, 9.17) is 4.74 Å². The van der Waals surface area contributed by atoms with E-state index in [9.17, 15) is 4.79 Å². The number of aryl methyl sites for hydroxylation is 1. The lowest BCUT2D eigenvalue weighted by Gasteiger charge is -2.29. The molecular weight excluding hydrogens is 318 g/mol. The van der Waals surface area contributed by atoms with Crippen molar-refractivity contribution < 1.29 is 9.53 Å². The Kier molecular flexibility index (Phi) is 4.50. The molecule has 0 unspecified atom stereocenters. The molecule has 2 aromatic rings. The first-order chi connectivity index (χ1) is 12.2. The van der Waals surface area contributed by atoms with E-state index in [1.54, 1.807) is 0 Å². The highest BCUT2D eigenvalue weighted by Crippen LogP contribution is 2.25. The molecule has 0 spiro atoms. The van der Waals surface area contributed by atoms with Gasteiger partial charge in [0.1, 0.15) is 5.82 Å². The van der Waals surface area contributed by atoms with Crippen molar-refractivity contribution in [2.24, 2.45) is 0 Å². The molecule has 2 fully saturated rings. The molecule has 1 aromatic heterocycles. The minimum Gasteiger partial charge on any atom is -0.374 e. The Morgan fingerprint density at radius 3 is 2.84 bits per heavy atom. The van der Waals surface area contributed by atoms with Crippen molar-refractivity contribution in [2.75, 3.05) is 19.7 Å². The Morgan fingerprint density at radius 1 is 1.24 bits per heavy atom. The normalized spacial score (nSPS) is 24.4. The lowest BCUT2D eigenvalue weighted by molar-refractivity contribution is -0.133. The Morgan fingerprint density at radius 2 is 2.08 bits per heavy atom. The van der Waals surface area contributed by atoms with Crippen LogP contribution < -0.4 is 0 Å². The van der Waals surface area contributed by atoms with Gasteiger partial charge in [-0.05, 0) is 12.5 Å². The molecule has 0 radical (unpaired) electrons. The molecule has 0 saturated carbocycles. The van der Waals surface area contributed by atoms with E-state index in [0.717, 1.165) is 30.3 Å². The third-order valence-corrected chi connectivity index (χ3v) is 4.89. The number of likely N-dealkylation sites (tertiary alicyclic amines) is 1. The molecular formula is C18H23N5O2. The third kappa shape index (κ3) is 3.57. The van der Waals surface area contributed by atoms with Crippen LogP contribution in [-0.4, -0.2) is 62.7 Å². The SMILES string of the molecule is Cc1nc(CN2C[C@@H]3OCCC(=O)N(Cc4ccccc4)[C@H]3C2)n[nH]1. The topological polar surface area (TPSA) is 74.4 Å². The average Bonchev–Trinajstić information content (AvgIpc) is 3.16. The predicted octanol–water partition coefficient (Wildman–Crippen LogP) is 1.12. The van der Waals surface area contributed by atoms with Crippen LogP contribution in [0.3, 0.4) is 0 Å². The number of nitrogens with zero attached hydrogens (tertiary/aromatic N) is 4. The van der Waals surface area contributed by atoms with Crippen molar-refractivity contribution in [2.45, 2.75) is 38.6 Å². The smallest absolute Gasteiger partial charge is 0.225 e. The van der Waals surface area contributed by atoms with Crippen LogP contribution in [0.4, 0.5) is 0 Å². The number of aromatic nitrogens is 3. The van der Waals surface area contributed by atoms with E-state index in [1.165, 1.54) is 0 Å². The number of fused-ring (bicyclic) bond motifs is 1. The summed E-state index contributed by atoms with van der Waals surface area (Å²) >= 11 is 0. The van der Waals surface area contributed by atoms with Crippen molar-refractivity contribution in [3.05, 3.63) is 47.5 Å². The van der Waals surface area contributed by atoms with Crippen LogP contribution in [0.1, 0.15) is 23.6 Å². The van der Waals surface area contributed by atoms with Crippen molar-refractivity contribution in [3.63, 3.8) is 0 Å². The van der Waals surface area contributed by atoms with E-state index in [0.29, 0.717) is 26.1 Å². The van der Waals surface area contributed by atoms with Crippen LogP contribution in [0.5, 0.6) is 0 Å². The lowest BCUT2D eigenvalue weighted by Crippen LogP contribution is -2.45. The summed E-state index contributed by atoms with van der Waals surface area (Å²) in [5, 5.41) is 7.10. The maximum atomic E-state index is 12.6. The molecule has 25 heavy (non-hydrogen) atoms. The summed E-state index contributed by atoms with van der Waals surface area (Å²) < 4.78 is 5.99. The van der Waals surface area contributed by atoms with Crippen molar-refractivity contribution in [1.82, 2.24) is 25.0 Å². The Balaban J connectivity index is 1.49. The van der Waals surface area contributed by atoms with Gasteiger partial charge >= 0.3 is 0 Å². The molecule has 7 heteroatoms. The molecule has 2 saturated heterocycles. The quantitative estimate of drug-likeness (QED) is 0.902. The second kappa shape index (κ2) is 6.93. The number of hydrogen-bond acceptors (Lipinski definition) is 5. The van der Waals surface area contributed by atoms with Gasteiger partial charge in [-0.2, -0.15) is 5.10 Å². The number of rotatable bonds is 4. The van der Waals surface area contributed by atoms with Gasteiger partial charge < -0.3 is 9.64 Å². The van der Waals surface area contributed by atoms with Gasteiger partial charge in [0.05, 0.1) is 31.7 Å². The van der Waals surface area contributed by atoms with Gasteiger partial charge in [0.25, 0.3) is 0 Å². The van der Waals surface area contributed by atoms with Gasteiger partial charge in [0.2, 0.25) is 5.91 Å². The van der Waals surface area contributed by atoms with Crippen LogP contribution in [0, 0.1) is 6.92 Å². The van der Waals surface area contributed by atoms with Gasteiger partial charge in [-0.25, -0.2) is 4.98 Å².